The Morgan fingerprint density at radius 1 is 1.00 bits per heavy atom. The largest absolute Gasteiger partial charge is 0.393 e. The number of aliphatic hydroxyl groups excluding tert-OH is 1. The van der Waals surface area contributed by atoms with Crippen LogP contribution in [0.5, 0.6) is 0 Å². The van der Waals surface area contributed by atoms with Gasteiger partial charge in [0.25, 0.3) is 0 Å². The molecule has 2 unspecified atom stereocenters. The summed E-state index contributed by atoms with van der Waals surface area (Å²) in [5, 5.41) is 13.5. The number of rotatable bonds is 4. The number of benzene rings is 1. The standard InChI is InChI=1S/C17H24N2O/c20-17-9-15-7-8-16(10-17)19(15)14-5-1-12(2-6-14)11-18-13-3-4-13/h1-2,5-6,13,15-18,20H,3-4,7-11H2. The van der Waals surface area contributed by atoms with E-state index in [0.29, 0.717) is 12.1 Å². The number of nitrogens with zero attached hydrogens (tertiary/aromatic N) is 1. The summed E-state index contributed by atoms with van der Waals surface area (Å²) < 4.78 is 0. The number of anilines is 1. The molecule has 3 fully saturated rings. The van der Waals surface area contributed by atoms with Gasteiger partial charge in [-0.25, -0.2) is 0 Å². The van der Waals surface area contributed by atoms with Gasteiger partial charge in [-0.15, -0.1) is 0 Å². The van der Waals surface area contributed by atoms with Crippen molar-refractivity contribution in [3.05, 3.63) is 29.8 Å². The molecule has 1 aromatic rings. The summed E-state index contributed by atoms with van der Waals surface area (Å²) in [7, 11) is 0. The van der Waals surface area contributed by atoms with Gasteiger partial charge in [0.1, 0.15) is 0 Å². The summed E-state index contributed by atoms with van der Waals surface area (Å²) >= 11 is 0. The van der Waals surface area contributed by atoms with Gasteiger partial charge in [0, 0.05) is 30.4 Å². The number of aliphatic hydroxyl groups is 1. The van der Waals surface area contributed by atoms with Gasteiger partial charge in [-0.1, -0.05) is 12.1 Å². The topological polar surface area (TPSA) is 35.5 Å². The van der Waals surface area contributed by atoms with E-state index >= 15 is 0 Å². The van der Waals surface area contributed by atoms with Gasteiger partial charge in [-0.05, 0) is 56.2 Å². The van der Waals surface area contributed by atoms with Crippen LogP contribution >= 0.6 is 0 Å². The Kier molecular flexibility index (Phi) is 3.20. The van der Waals surface area contributed by atoms with E-state index < -0.39 is 0 Å². The normalized spacial score (nSPS) is 32.6. The zero-order valence-electron chi connectivity index (χ0n) is 12.0. The molecular formula is C17H24N2O. The number of nitrogens with one attached hydrogen (secondary N) is 1. The smallest absolute Gasteiger partial charge is 0.0579 e. The summed E-state index contributed by atoms with van der Waals surface area (Å²) in [6.07, 6.45) is 6.99. The predicted molar refractivity (Wildman–Crippen MR) is 80.8 cm³/mol. The number of piperidine rings is 1. The molecule has 0 aromatic heterocycles. The van der Waals surface area contributed by atoms with Gasteiger partial charge in [0.15, 0.2) is 0 Å². The third kappa shape index (κ3) is 2.45. The van der Waals surface area contributed by atoms with Crippen molar-refractivity contribution >= 4 is 5.69 Å². The third-order valence-electron chi connectivity index (χ3n) is 5.11. The fourth-order valence-corrected chi connectivity index (χ4v) is 3.91. The van der Waals surface area contributed by atoms with Crippen molar-refractivity contribution in [2.75, 3.05) is 4.90 Å². The molecule has 0 radical (unpaired) electrons. The summed E-state index contributed by atoms with van der Waals surface area (Å²) in [6, 6.07) is 10.9. The molecular weight excluding hydrogens is 248 g/mol. The highest BCUT2D eigenvalue weighted by Gasteiger charge is 2.40. The fraction of sp³-hybridized carbons (Fsp3) is 0.647. The third-order valence-corrected chi connectivity index (χ3v) is 5.11. The van der Waals surface area contributed by atoms with Crippen LogP contribution in [0.25, 0.3) is 0 Å². The molecule has 1 aliphatic carbocycles. The molecule has 0 amide bonds. The lowest BCUT2D eigenvalue weighted by atomic mass is 9.99. The van der Waals surface area contributed by atoms with Crippen LogP contribution in [0, 0.1) is 0 Å². The Balaban J connectivity index is 1.45. The Hall–Kier alpha value is -1.06. The van der Waals surface area contributed by atoms with Gasteiger partial charge in [0.05, 0.1) is 6.10 Å². The molecule has 2 heterocycles. The zero-order chi connectivity index (χ0) is 13.5. The van der Waals surface area contributed by atoms with Crippen LogP contribution in [0.1, 0.15) is 44.1 Å². The van der Waals surface area contributed by atoms with Crippen molar-refractivity contribution in [3.8, 4) is 0 Å². The van der Waals surface area contributed by atoms with Crippen LogP contribution in [0.2, 0.25) is 0 Å². The molecule has 3 nitrogen and oxygen atoms in total. The highest BCUT2D eigenvalue weighted by molar-refractivity contribution is 5.51. The first-order valence-corrected chi connectivity index (χ1v) is 8.08. The summed E-state index contributed by atoms with van der Waals surface area (Å²) in [5.74, 6) is 0. The first-order chi connectivity index (χ1) is 9.79. The maximum Gasteiger partial charge on any atom is 0.0579 e. The lowest BCUT2D eigenvalue weighted by Gasteiger charge is -2.39. The summed E-state index contributed by atoms with van der Waals surface area (Å²) in [6.45, 7) is 0.997. The number of hydrogen-bond acceptors (Lipinski definition) is 3. The second kappa shape index (κ2) is 5.05. The van der Waals surface area contributed by atoms with Crippen molar-refractivity contribution in [2.24, 2.45) is 0 Å². The second-order valence-electron chi connectivity index (χ2n) is 6.74. The monoisotopic (exact) mass is 272 g/mol. The van der Waals surface area contributed by atoms with Gasteiger partial charge in [0.2, 0.25) is 0 Å². The summed E-state index contributed by atoms with van der Waals surface area (Å²) in [5.41, 5.74) is 2.73. The van der Waals surface area contributed by atoms with Gasteiger partial charge in [-0.2, -0.15) is 0 Å². The van der Waals surface area contributed by atoms with E-state index in [2.05, 4.69) is 34.5 Å². The van der Waals surface area contributed by atoms with E-state index in [9.17, 15) is 5.11 Å². The molecule has 20 heavy (non-hydrogen) atoms. The minimum absolute atomic E-state index is 0.0780. The first-order valence-electron chi connectivity index (χ1n) is 8.08. The van der Waals surface area contributed by atoms with Crippen molar-refractivity contribution in [1.82, 2.24) is 5.32 Å². The minimum Gasteiger partial charge on any atom is -0.393 e. The maximum absolute atomic E-state index is 9.89. The van der Waals surface area contributed by atoms with Crippen LogP contribution in [-0.2, 0) is 6.54 Å². The minimum atomic E-state index is -0.0780. The number of hydrogen-bond donors (Lipinski definition) is 2. The molecule has 2 bridgehead atoms. The van der Waals surface area contributed by atoms with Crippen molar-refractivity contribution in [1.29, 1.82) is 0 Å². The highest BCUT2D eigenvalue weighted by Crippen LogP contribution is 2.39. The van der Waals surface area contributed by atoms with Crippen molar-refractivity contribution in [3.63, 3.8) is 0 Å². The maximum atomic E-state index is 9.89. The van der Waals surface area contributed by atoms with Gasteiger partial charge >= 0.3 is 0 Å². The zero-order valence-corrected chi connectivity index (χ0v) is 12.0. The molecule has 0 spiro atoms. The van der Waals surface area contributed by atoms with Crippen molar-refractivity contribution < 1.29 is 5.11 Å². The van der Waals surface area contributed by atoms with Crippen LogP contribution < -0.4 is 10.2 Å². The molecule has 3 heteroatoms. The van der Waals surface area contributed by atoms with Crippen LogP contribution in [0.4, 0.5) is 5.69 Å². The Morgan fingerprint density at radius 3 is 2.25 bits per heavy atom. The van der Waals surface area contributed by atoms with Crippen molar-refractivity contribution in [2.45, 2.75) is 69.3 Å². The van der Waals surface area contributed by atoms with E-state index in [1.807, 2.05) is 0 Å². The molecule has 1 saturated carbocycles. The van der Waals surface area contributed by atoms with Gasteiger partial charge in [-0.3, -0.25) is 0 Å². The Labute approximate surface area is 121 Å². The molecule has 1 aromatic carbocycles. The molecule has 3 aliphatic rings. The predicted octanol–water partition coefficient (Wildman–Crippen LogP) is 2.43. The average molecular weight is 272 g/mol. The van der Waals surface area contributed by atoms with E-state index in [4.69, 9.17) is 0 Å². The van der Waals surface area contributed by atoms with Crippen LogP contribution in [0.3, 0.4) is 0 Å². The SMILES string of the molecule is OC1CC2CCC(C1)N2c1ccc(CNC2CC2)cc1. The number of fused-ring (bicyclic) bond motifs is 2. The van der Waals surface area contributed by atoms with E-state index in [1.54, 1.807) is 0 Å². The lowest BCUT2D eigenvalue weighted by molar-refractivity contribution is 0.126. The van der Waals surface area contributed by atoms with Crippen LogP contribution in [0.15, 0.2) is 24.3 Å². The van der Waals surface area contributed by atoms with Crippen LogP contribution in [-0.4, -0.2) is 29.3 Å². The molecule has 108 valence electrons. The average Bonchev–Trinajstić information content (AvgIpc) is 3.23. The second-order valence-corrected chi connectivity index (χ2v) is 6.74. The molecule has 2 saturated heterocycles. The lowest BCUT2D eigenvalue weighted by Crippen LogP contribution is -2.44. The molecule has 2 N–H and O–H groups in total. The Morgan fingerprint density at radius 2 is 1.65 bits per heavy atom. The molecule has 2 aliphatic heterocycles. The fourth-order valence-electron chi connectivity index (χ4n) is 3.91. The van der Waals surface area contributed by atoms with E-state index in [1.165, 1.54) is 36.9 Å². The summed E-state index contributed by atoms with van der Waals surface area (Å²) in [4.78, 5) is 2.56. The Bertz CT molecular complexity index is 454. The molecule has 4 rings (SSSR count). The van der Waals surface area contributed by atoms with E-state index in [-0.39, 0.29) is 6.10 Å². The van der Waals surface area contributed by atoms with E-state index in [0.717, 1.165) is 25.4 Å². The quantitative estimate of drug-likeness (QED) is 0.883. The first kappa shape index (κ1) is 12.7. The molecule has 2 atom stereocenters. The van der Waals surface area contributed by atoms with Gasteiger partial charge < -0.3 is 15.3 Å². The highest BCUT2D eigenvalue weighted by atomic mass is 16.3.